The first-order chi connectivity index (χ1) is 11.1. The van der Waals surface area contributed by atoms with E-state index in [1.807, 2.05) is 18.2 Å². The van der Waals surface area contributed by atoms with Gasteiger partial charge in [0.15, 0.2) is 0 Å². The molecule has 2 N–H and O–H groups in total. The third-order valence-corrected chi connectivity index (χ3v) is 4.23. The number of nitrogens with zero attached hydrogens (tertiary/aromatic N) is 4. The highest BCUT2D eigenvalue weighted by molar-refractivity contribution is 6.31. The number of ether oxygens (including phenoxy) is 1. The van der Waals surface area contributed by atoms with Gasteiger partial charge in [-0.15, -0.1) is 0 Å². The van der Waals surface area contributed by atoms with Crippen LogP contribution < -0.4 is 15.4 Å². The van der Waals surface area contributed by atoms with E-state index in [2.05, 4.69) is 26.8 Å². The Bertz CT molecular complexity index is 701. The van der Waals surface area contributed by atoms with Gasteiger partial charge in [-0.1, -0.05) is 11.6 Å². The van der Waals surface area contributed by atoms with Crippen LogP contribution in [0.4, 0.5) is 11.8 Å². The highest BCUT2D eigenvalue weighted by Gasteiger charge is 2.18. The average Bonchev–Trinajstić information content (AvgIpc) is 2.55. The maximum Gasteiger partial charge on any atom is 0.222 e. The van der Waals surface area contributed by atoms with Crippen molar-refractivity contribution < 1.29 is 4.74 Å². The van der Waals surface area contributed by atoms with E-state index in [1.54, 1.807) is 13.2 Å². The fraction of sp³-hybridized carbons (Fsp3) is 0.375. The van der Waals surface area contributed by atoms with E-state index in [-0.39, 0.29) is 5.95 Å². The predicted molar refractivity (Wildman–Crippen MR) is 93.2 cm³/mol. The Balaban J connectivity index is 1.99. The van der Waals surface area contributed by atoms with Crippen molar-refractivity contribution in [3.63, 3.8) is 0 Å². The van der Waals surface area contributed by atoms with Crippen molar-refractivity contribution in [2.45, 2.75) is 0 Å². The largest absolute Gasteiger partial charge is 0.496 e. The van der Waals surface area contributed by atoms with Gasteiger partial charge in [-0.2, -0.15) is 4.98 Å². The van der Waals surface area contributed by atoms with Crippen molar-refractivity contribution in [2.75, 3.05) is 51.0 Å². The lowest BCUT2D eigenvalue weighted by molar-refractivity contribution is 0.312. The van der Waals surface area contributed by atoms with Gasteiger partial charge in [-0.3, -0.25) is 0 Å². The topological polar surface area (TPSA) is 67.5 Å². The van der Waals surface area contributed by atoms with E-state index in [0.717, 1.165) is 37.6 Å². The van der Waals surface area contributed by atoms with E-state index in [1.165, 1.54) is 0 Å². The number of halogens is 1. The molecule has 0 atom stereocenters. The Kier molecular flexibility index (Phi) is 4.54. The zero-order valence-electron chi connectivity index (χ0n) is 13.3. The number of nitrogens with two attached hydrogens (primary N) is 1. The second-order valence-corrected chi connectivity index (χ2v) is 6.04. The number of nitrogen functional groups attached to an aromatic ring is 1. The maximum atomic E-state index is 6.12. The summed E-state index contributed by atoms with van der Waals surface area (Å²) in [5.74, 6) is 1.79. The molecule has 2 aromatic rings. The zero-order valence-corrected chi connectivity index (χ0v) is 14.0. The minimum absolute atomic E-state index is 0.249. The molecule has 1 saturated heterocycles. The molecule has 0 radical (unpaired) electrons. The Labute approximate surface area is 140 Å². The molecule has 1 aliphatic rings. The first-order valence-corrected chi connectivity index (χ1v) is 7.86. The predicted octanol–water partition coefficient (Wildman–Crippen LogP) is 2.14. The Morgan fingerprint density at radius 3 is 2.57 bits per heavy atom. The van der Waals surface area contributed by atoms with Crippen molar-refractivity contribution in [1.82, 2.24) is 14.9 Å². The molecule has 0 amide bonds. The monoisotopic (exact) mass is 333 g/mol. The summed E-state index contributed by atoms with van der Waals surface area (Å²) in [4.78, 5) is 13.3. The molecule has 2 heterocycles. The van der Waals surface area contributed by atoms with Crippen LogP contribution in [0.3, 0.4) is 0 Å². The number of rotatable bonds is 3. The van der Waals surface area contributed by atoms with Gasteiger partial charge in [0, 0.05) is 42.8 Å². The van der Waals surface area contributed by atoms with Crippen LogP contribution in [-0.2, 0) is 0 Å². The molecule has 0 unspecified atom stereocenters. The Hall–Kier alpha value is -2.05. The van der Waals surface area contributed by atoms with Gasteiger partial charge in [0.2, 0.25) is 5.95 Å². The number of methoxy groups -OCH3 is 1. The van der Waals surface area contributed by atoms with Gasteiger partial charge >= 0.3 is 0 Å². The summed E-state index contributed by atoms with van der Waals surface area (Å²) in [5, 5.41) is 0.624. The van der Waals surface area contributed by atoms with Crippen LogP contribution in [0.5, 0.6) is 5.75 Å². The molecule has 0 aliphatic carbocycles. The van der Waals surface area contributed by atoms with Crippen molar-refractivity contribution >= 4 is 23.4 Å². The van der Waals surface area contributed by atoms with Crippen molar-refractivity contribution in [2.24, 2.45) is 0 Å². The smallest absolute Gasteiger partial charge is 0.222 e. The molecule has 0 bridgehead atoms. The van der Waals surface area contributed by atoms with E-state index in [9.17, 15) is 0 Å². The number of anilines is 2. The molecule has 23 heavy (non-hydrogen) atoms. The third-order valence-electron chi connectivity index (χ3n) is 3.99. The maximum absolute atomic E-state index is 6.12. The number of hydrogen-bond acceptors (Lipinski definition) is 6. The number of hydrogen-bond donors (Lipinski definition) is 1. The third kappa shape index (κ3) is 3.48. The van der Waals surface area contributed by atoms with Gasteiger partial charge in [0.25, 0.3) is 0 Å². The van der Waals surface area contributed by atoms with Crippen LogP contribution >= 0.6 is 11.6 Å². The highest BCUT2D eigenvalue weighted by Crippen LogP contribution is 2.33. The van der Waals surface area contributed by atoms with Crippen molar-refractivity contribution in [3.8, 4) is 17.0 Å². The molecule has 122 valence electrons. The highest BCUT2D eigenvalue weighted by atomic mass is 35.5. The van der Waals surface area contributed by atoms with Crippen LogP contribution in [0.1, 0.15) is 0 Å². The normalized spacial score (nSPS) is 15.7. The standard InChI is InChI=1S/C16H20ClN5O/c1-21-5-7-22(8-6-21)15-10-13(19-16(18)20-15)12-9-11(17)3-4-14(12)23-2/h3-4,9-10H,5-8H2,1-2H3,(H2,18,19,20). The number of likely N-dealkylation sites (N-methyl/N-ethyl adjacent to an activating group) is 1. The molecular weight excluding hydrogens is 314 g/mol. The molecule has 6 nitrogen and oxygen atoms in total. The Morgan fingerprint density at radius 2 is 1.87 bits per heavy atom. The van der Waals surface area contributed by atoms with Crippen molar-refractivity contribution in [1.29, 1.82) is 0 Å². The van der Waals surface area contributed by atoms with Gasteiger partial charge in [-0.25, -0.2) is 4.98 Å². The fourth-order valence-electron chi connectivity index (χ4n) is 2.67. The molecule has 1 fully saturated rings. The van der Waals surface area contributed by atoms with Gasteiger partial charge in [-0.05, 0) is 25.2 Å². The summed E-state index contributed by atoms with van der Waals surface area (Å²) in [7, 11) is 3.74. The SMILES string of the molecule is COc1ccc(Cl)cc1-c1cc(N2CCN(C)CC2)nc(N)n1. The minimum Gasteiger partial charge on any atom is -0.496 e. The molecular formula is C16H20ClN5O. The molecule has 3 rings (SSSR count). The average molecular weight is 334 g/mol. The molecule has 1 aromatic heterocycles. The molecule has 1 aromatic carbocycles. The molecule has 1 aliphatic heterocycles. The summed E-state index contributed by atoms with van der Waals surface area (Å²) in [6.07, 6.45) is 0. The zero-order chi connectivity index (χ0) is 16.4. The molecule has 0 spiro atoms. The summed E-state index contributed by atoms with van der Waals surface area (Å²) in [6.45, 7) is 3.83. The number of benzene rings is 1. The summed E-state index contributed by atoms with van der Waals surface area (Å²) >= 11 is 6.12. The Morgan fingerprint density at radius 1 is 1.13 bits per heavy atom. The number of aromatic nitrogens is 2. The first-order valence-electron chi connectivity index (χ1n) is 7.49. The van der Waals surface area contributed by atoms with E-state index in [0.29, 0.717) is 16.5 Å². The van der Waals surface area contributed by atoms with Crippen LogP contribution in [0.2, 0.25) is 5.02 Å². The second kappa shape index (κ2) is 6.60. The summed E-state index contributed by atoms with van der Waals surface area (Å²) < 4.78 is 5.41. The quantitative estimate of drug-likeness (QED) is 0.928. The van der Waals surface area contributed by atoms with Crippen LogP contribution in [0.15, 0.2) is 24.3 Å². The summed E-state index contributed by atoms with van der Waals surface area (Å²) in [6, 6.07) is 7.38. The lowest BCUT2D eigenvalue weighted by Gasteiger charge is -2.33. The summed E-state index contributed by atoms with van der Waals surface area (Å²) in [5.41, 5.74) is 7.45. The van der Waals surface area contributed by atoms with E-state index in [4.69, 9.17) is 22.1 Å². The van der Waals surface area contributed by atoms with Crippen LogP contribution in [-0.4, -0.2) is 55.2 Å². The molecule has 0 saturated carbocycles. The molecule has 7 heteroatoms. The first kappa shape index (κ1) is 15.8. The van der Waals surface area contributed by atoms with Crippen LogP contribution in [0, 0.1) is 0 Å². The van der Waals surface area contributed by atoms with E-state index >= 15 is 0 Å². The van der Waals surface area contributed by atoms with Gasteiger partial charge in [0.1, 0.15) is 11.6 Å². The van der Waals surface area contributed by atoms with Crippen molar-refractivity contribution in [3.05, 3.63) is 29.3 Å². The minimum atomic E-state index is 0.249. The van der Waals surface area contributed by atoms with E-state index < -0.39 is 0 Å². The lowest BCUT2D eigenvalue weighted by Crippen LogP contribution is -2.44. The lowest BCUT2D eigenvalue weighted by atomic mass is 10.1. The van der Waals surface area contributed by atoms with Gasteiger partial charge in [0.05, 0.1) is 12.8 Å². The van der Waals surface area contributed by atoms with Crippen LogP contribution in [0.25, 0.3) is 11.3 Å². The van der Waals surface area contributed by atoms with Gasteiger partial charge < -0.3 is 20.3 Å². The number of piperazine rings is 1. The fourth-order valence-corrected chi connectivity index (χ4v) is 2.84. The second-order valence-electron chi connectivity index (χ2n) is 5.60.